The summed E-state index contributed by atoms with van der Waals surface area (Å²) in [6.45, 7) is 0. The summed E-state index contributed by atoms with van der Waals surface area (Å²) in [6.07, 6.45) is 1.19. The molecule has 7 heteroatoms. The Kier molecular flexibility index (Phi) is 5.42. The van der Waals surface area contributed by atoms with E-state index in [-0.39, 0.29) is 5.02 Å². The second kappa shape index (κ2) is 7.14. The molecule has 23 heavy (non-hydrogen) atoms. The molecule has 0 aromatic heterocycles. The average molecular weight is 370 g/mol. The van der Waals surface area contributed by atoms with Gasteiger partial charge in [0.2, 0.25) is 0 Å². The summed E-state index contributed by atoms with van der Waals surface area (Å²) in [6, 6.07) is 11.2. The molecule has 0 saturated carbocycles. The number of sulfone groups is 1. The van der Waals surface area contributed by atoms with Gasteiger partial charge in [-0.1, -0.05) is 41.4 Å². The smallest absolute Gasteiger partial charge is 0.192 e. The van der Waals surface area contributed by atoms with Gasteiger partial charge < -0.3 is 0 Å². The number of rotatable bonds is 4. The minimum Gasteiger partial charge on any atom is -0.223 e. The highest BCUT2D eigenvalue weighted by Gasteiger charge is 2.19. The Labute approximate surface area is 143 Å². The summed E-state index contributed by atoms with van der Waals surface area (Å²) in [5, 5.41) is 9.80. The Hall–Kier alpha value is -1.87. The first-order valence-corrected chi connectivity index (χ1v) is 8.77. The van der Waals surface area contributed by atoms with E-state index in [0.717, 1.165) is 12.1 Å². The topological polar surface area (TPSA) is 57.9 Å². The van der Waals surface area contributed by atoms with Gasteiger partial charge in [0.15, 0.2) is 9.84 Å². The largest absolute Gasteiger partial charge is 0.223 e. The molecule has 0 radical (unpaired) electrons. The SMILES string of the molecule is N#CC(=Cc1ccc(Cl)cc1Cl)S(=O)(=O)Cc1ccc(F)cc1. The van der Waals surface area contributed by atoms with Crippen molar-refractivity contribution in [2.45, 2.75) is 5.75 Å². The fraction of sp³-hybridized carbons (Fsp3) is 0.0625. The third-order valence-electron chi connectivity index (χ3n) is 2.96. The van der Waals surface area contributed by atoms with Crippen molar-refractivity contribution >= 4 is 39.1 Å². The molecule has 2 rings (SSSR count). The molecule has 2 aromatic carbocycles. The van der Waals surface area contributed by atoms with Crippen LogP contribution in [0.5, 0.6) is 0 Å². The molecular weight excluding hydrogens is 360 g/mol. The molecule has 0 unspecified atom stereocenters. The van der Waals surface area contributed by atoms with E-state index in [2.05, 4.69) is 0 Å². The number of benzene rings is 2. The second-order valence-corrected chi connectivity index (χ2v) is 7.47. The van der Waals surface area contributed by atoms with E-state index in [4.69, 9.17) is 28.5 Å². The maximum atomic E-state index is 12.9. The maximum Gasteiger partial charge on any atom is 0.192 e. The van der Waals surface area contributed by atoms with Gasteiger partial charge in [-0.05, 0) is 41.5 Å². The monoisotopic (exact) mass is 369 g/mol. The van der Waals surface area contributed by atoms with E-state index in [9.17, 15) is 12.8 Å². The van der Waals surface area contributed by atoms with Crippen LogP contribution in [0.3, 0.4) is 0 Å². The average Bonchev–Trinajstić information content (AvgIpc) is 2.48. The summed E-state index contributed by atoms with van der Waals surface area (Å²) in [7, 11) is -3.88. The van der Waals surface area contributed by atoms with Gasteiger partial charge in [0, 0.05) is 10.0 Å². The van der Waals surface area contributed by atoms with Crippen LogP contribution in [-0.4, -0.2) is 8.42 Å². The van der Waals surface area contributed by atoms with Crippen molar-refractivity contribution in [1.82, 2.24) is 0 Å². The van der Waals surface area contributed by atoms with Crippen LogP contribution in [0.15, 0.2) is 47.4 Å². The minimum atomic E-state index is -3.88. The van der Waals surface area contributed by atoms with Crippen LogP contribution >= 0.6 is 23.2 Å². The molecule has 2 aromatic rings. The van der Waals surface area contributed by atoms with E-state index in [1.54, 1.807) is 12.1 Å². The molecule has 0 heterocycles. The van der Waals surface area contributed by atoms with Gasteiger partial charge in [0.05, 0.1) is 5.75 Å². The molecule has 0 fully saturated rings. The highest BCUT2D eigenvalue weighted by Crippen LogP contribution is 2.25. The first kappa shape index (κ1) is 17.5. The Bertz CT molecular complexity index is 901. The number of hydrogen-bond donors (Lipinski definition) is 0. The lowest BCUT2D eigenvalue weighted by Gasteiger charge is -2.05. The summed E-state index contributed by atoms with van der Waals surface area (Å²) in [5.41, 5.74) is 0.755. The lowest BCUT2D eigenvalue weighted by atomic mass is 10.2. The molecule has 118 valence electrons. The predicted octanol–water partition coefficient (Wildman–Crippen LogP) is 4.61. The molecule has 0 aliphatic heterocycles. The molecule has 0 N–H and O–H groups in total. The van der Waals surface area contributed by atoms with Crippen LogP contribution in [0, 0.1) is 17.1 Å². The van der Waals surface area contributed by atoms with Crippen LogP contribution in [0.25, 0.3) is 6.08 Å². The number of allylic oxidation sites excluding steroid dienone is 1. The Balaban J connectivity index is 2.37. The predicted molar refractivity (Wildman–Crippen MR) is 89.1 cm³/mol. The zero-order valence-corrected chi connectivity index (χ0v) is 14.0. The number of halogens is 3. The van der Waals surface area contributed by atoms with Gasteiger partial charge in [-0.25, -0.2) is 12.8 Å². The second-order valence-electron chi connectivity index (χ2n) is 4.67. The zero-order valence-electron chi connectivity index (χ0n) is 11.6. The van der Waals surface area contributed by atoms with Crippen molar-refractivity contribution in [3.05, 3.63) is 74.4 Å². The molecule has 0 aliphatic rings. The van der Waals surface area contributed by atoms with Crippen LogP contribution in [0.1, 0.15) is 11.1 Å². The normalized spacial score (nSPS) is 12.0. The van der Waals surface area contributed by atoms with Crippen molar-refractivity contribution < 1.29 is 12.8 Å². The first-order valence-electron chi connectivity index (χ1n) is 6.36. The van der Waals surface area contributed by atoms with Gasteiger partial charge in [-0.2, -0.15) is 5.26 Å². The lowest BCUT2D eigenvalue weighted by molar-refractivity contribution is 0.602. The third kappa shape index (κ3) is 4.55. The van der Waals surface area contributed by atoms with Crippen molar-refractivity contribution in [2.24, 2.45) is 0 Å². The Morgan fingerprint density at radius 3 is 2.39 bits per heavy atom. The number of nitrogens with zero attached hydrogens (tertiary/aromatic N) is 1. The molecule has 0 atom stereocenters. The fourth-order valence-electron chi connectivity index (χ4n) is 1.83. The van der Waals surface area contributed by atoms with E-state index in [0.29, 0.717) is 16.1 Å². The van der Waals surface area contributed by atoms with E-state index >= 15 is 0 Å². The van der Waals surface area contributed by atoms with E-state index in [1.807, 2.05) is 0 Å². The lowest BCUT2D eigenvalue weighted by Crippen LogP contribution is -2.06. The molecule has 3 nitrogen and oxygen atoms in total. The molecular formula is C16H10Cl2FNO2S. The van der Waals surface area contributed by atoms with E-state index in [1.165, 1.54) is 30.3 Å². The summed E-state index contributed by atoms with van der Waals surface area (Å²) < 4.78 is 37.6. The number of nitriles is 1. The van der Waals surface area contributed by atoms with Gasteiger partial charge in [0.25, 0.3) is 0 Å². The quantitative estimate of drug-likeness (QED) is 0.739. The zero-order chi connectivity index (χ0) is 17.0. The Morgan fingerprint density at radius 2 is 1.83 bits per heavy atom. The van der Waals surface area contributed by atoms with Crippen molar-refractivity contribution in [2.75, 3.05) is 0 Å². The van der Waals surface area contributed by atoms with Crippen molar-refractivity contribution in [1.29, 1.82) is 5.26 Å². The van der Waals surface area contributed by atoms with Crippen molar-refractivity contribution in [3.8, 4) is 6.07 Å². The van der Waals surface area contributed by atoms with Crippen LogP contribution in [-0.2, 0) is 15.6 Å². The third-order valence-corrected chi connectivity index (χ3v) is 5.12. The first-order chi connectivity index (χ1) is 10.8. The van der Waals surface area contributed by atoms with Crippen molar-refractivity contribution in [3.63, 3.8) is 0 Å². The summed E-state index contributed by atoms with van der Waals surface area (Å²) >= 11 is 11.8. The van der Waals surface area contributed by atoms with Crippen LogP contribution < -0.4 is 0 Å². The highest BCUT2D eigenvalue weighted by atomic mass is 35.5. The fourth-order valence-corrected chi connectivity index (χ4v) is 3.52. The van der Waals surface area contributed by atoms with Gasteiger partial charge >= 0.3 is 0 Å². The Morgan fingerprint density at radius 1 is 1.17 bits per heavy atom. The summed E-state index contributed by atoms with van der Waals surface area (Å²) in [4.78, 5) is -0.425. The van der Waals surface area contributed by atoms with E-state index < -0.39 is 26.3 Å². The standard InChI is InChI=1S/C16H10Cl2FNO2S/c17-13-4-3-12(16(18)8-13)7-15(9-20)23(21,22)10-11-1-5-14(19)6-2-11/h1-8H,10H2. The molecule has 0 amide bonds. The number of hydrogen-bond acceptors (Lipinski definition) is 3. The van der Waals surface area contributed by atoms with Gasteiger partial charge in [-0.3, -0.25) is 0 Å². The molecule has 0 aliphatic carbocycles. The minimum absolute atomic E-state index is 0.238. The summed E-state index contributed by atoms with van der Waals surface area (Å²) in [5.74, 6) is -0.868. The maximum absolute atomic E-state index is 12.9. The van der Waals surface area contributed by atoms with Crippen LogP contribution in [0.2, 0.25) is 10.0 Å². The molecule has 0 bridgehead atoms. The molecule has 0 spiro atoms. The highest BCUT2D eigenvalue weighted by molar-refractivity contribution is 7.95. The van der Waals surface area contributed by atoms with Gasteiger partial charge in [0.1, 0.15) is 16.8 Å². The van der Waals surface area contributed by atoms with Gasteiger partial charge in [-0.15, -0.1) is 0 Å². The molecule has 0 saturated heterocycles. The van der Waals surface area contributed by atoms with Crippen LogP contribution in [0.4, 0.5) is 4.39 Å².